The molecule has 0 amide bonds. The number of nitrogens with zero attached hydrogens (tertiary/aromatic N) is 2. The SMILES string of the molecule is CN=C(N)N(c1cc(F)ccc1OC)c1occ2ccccc12. The number of guanidine groups is 1. The van der Waals surface area contributed by atoms with Crippen LogP contribution in [0.25, 0.3) is 10.8 Å². The second kappa shape index (κ2) is 6.00. The Labute approximate surface area is 132 Å². The molecule has 3 rings (SSSR count). The summed E-state index contributed by atoms with van der Waals surface area (Å²) in [4.78, 5) is 5.55. The summed E-state index contributed by atoms with van der Waals surface area (Å²) in [5, 5.41) is 1.75. The summed E-state index contributed by atoms with van der Waals surface area (Å²) >= 11 is 0. The Kier molecular flexibility index (Phi) is 3.89. The molecule has 0 fully saturated rings. The standard InChI is InChI=1S/C17H16FN3O2/c1-20-17(19)21(14-9-12(18)7-8-15(14)22-2)16-13-6-4-3-5-11(13)10-23-16/h3-10H,1-2H3,(H2,19,20). The van der Waals surface area contributed by atoms with E-state index in [0.717, 1.165) is 10.8 Å². The average molecular weight is 313 g/mol. The number of ether oxygens (including phenoxy) is 1. The number of fused-ring (bicyclic) bond motifs is 1. The molecule has 0 bridgehead atoms. The third-order valence-electron chi connectivity index (χ3n) is 3.53. The highest BCUT2D eigenvalue weighted by Gasteiger charge is 2.23. The van der Waals surface area contributed by atoms with Gasteiger partial charge in [0.25, 0.3) is 0 Å². The number of hydrogen-bond donors (Lipinski definition) is 1. The number of hydrogen-bond acceptors (Lipinski definition) is 3. The van der Waals surface area contributed by atoms with Crippen LogP contribution < -0.4 is 15.4 Å². The first-order chi connectivity index (χ1) is 11.2. The maximum absolute atomic E-state index is 13.8. The van der Waals surface area contributed by atoms with Gasteiger partial charge in [-0.15, -0.1) is 0 Å². The summed E-state index contributed by atoms with van der Waals surface area (Å²) in [5.74, 6) is 0.658. The molecule has 1 aromatic heterocycles. The van der Waals surface area contributed by atoms with E-state index < -0.39 is 5.82 Å². The third-order valence-corrected chi connectivity index (χ3v) is 3.53. The molecule has 0 saturated heterocycles. The molecule has 0 aliphatic rings. The van der Waals surface area contributed by atoms with Crippen LogP contribution in [-0.2, 0) is 0 Å². The van der Waals surface area contributed by atoms with Gasteiger partial charge in [0.1, 0.15) is 17.8 Å². The van der Waals surface area contributed by atoms with Gasteiger partial charge < -0.3 is 14.9 Å². The Hall–Kier alpha value is -3.02. The van der Waals surface area contributed by atoms with Crippen molar-refractivity contribution in [1.82, 2.24) is 0 Å². The molecule has 0 saturated carbocycles. The minimum atomic E-state index is -0.412. The smallest absolute Gasteiger partial charge is 0.214 e. The minimum absolute atomic E-state index is 0.161. The highest BCUT2D eigenvalue weighted by atomic mass is 19.1. The highest BCUT2D eigenvalue weighted by Crippen LogP contribution is 2.38. The van der Waals surface area contributed by atoms with Gasteiger partial charge in [0.15, 0.2) is 0 Å². The van der Waals surface area contributed by atoms with Crippen LogP contribution in [0.1, 0.15) is 0 Å². The predicted octanol–water partition coefficient (Wildman–Crippen LogP) is 3.66. The zero-order chi connectivity index (χ0) is 16.4. The molecule has 5 nitrogen and oxygen atoms in total. The third kappa shape index (κ3) is 2.59. The van der Waals surface area contributed by atoms with Crippen molar-refractivity contribution in [2.45, 2.75) is 0 Å². The summed E-state index contributed by atoms with van der Waals surface area (Å²) in [7, 11) is 3.06. The Bertz CT molecular complexity index is 873. The second-order valence-electron chi connectivity index (χ2n) is 4.86. The monoisotopic (exact) mass is 313 g/mol. The van der Waals surface area contributed by atoms with Gasteiger partial charge in [-0.25, -0.2) is 9.29 Å². The molecule has 23 heavy (non-hydrogen) atoms. The number of halogens is 1. The number of methoxy groups -OCH3 is 1. The van der Waals surface area contributed by atoms with Crippen LogP contribution in [0.5, 0.6) is 5.75 Å². The maximum atomic E-state index is 13.8. The lowest BCUT2D eigenvalue weighted by Gasteiger charge is -2.23. The fourth-order valence-corrected chi connectivity index (χ4v) is 2.43. The summed E-state index contributed by atoms with van der Waals surface area (Å²) in [6.45, 7) is 0. The summed E-state index contributed by atoms with van der Waals surface area (Å²) in [5.41, 5.74) is 6.46. The van der Waals surface area contributed by atoms with E-state index >= 15 is 0 Å². The van der Waals surface area contributed by atoms with Gasteiger partial charge in [-0.1, -0.05) is 18.2 Å². The first kappa shape index (κ1) is 14.9. The molecular formula is C17H16FN3O2. The zero-order valence-electron chi connectivity index (χ0n) is 12.8. The Morgan fingerprint density at radius 1 is 1.26 bits per heavy atom. The lowest BCUT2D eigenvalue weighted by molar-refractivity contribution is 0.414. The lowest BCUT2D eigenvalue weighted by atomic mass is 10.2. The largest absolute Gasteiger partial charge is 0.495 e. The second-order valence-corrected chi connectivity index (χ2v) is 4.86. The minimum Gasteiger partial charge on any atom is -0.495 e. The van der Waals surface area contributed by atoms with Gasteiger partial charge in [0, 0.05) is 23.9 Å². The van der Waals surface area contributed by atoms with E-state index in [1.54, 1.807) is 13.3 Å². The number of furan rings is 1. The molecule has 0 radical (unpaired) electrons. The van der Waals surface area contributed by atoms with Crippen LogP contribution >= 0.6 is 0 Å². The van der Waals surface area contributed by atoms with Gasteiger partial charge >= 0.3 is 0 Å². The van der Waals surface area contributed by atoms with E-state index in [1.807, 2.05) is 24.3 Å². The molecule has 0 atom stereocenters. The Morgan fingerprint density at radius 3 is 2.78 bits per heavy atom. The molecule has 2 N–H and O–H groups in total. The van der Waals surface area contributed by atoms with Crippen molar-refractivity contribution >= 4 is 28.3 Å². The van der Waals surface area contributed by atoms with Crippen molar-refractivity contribution in [3.63, 3.8) is 0 Å². The van der Waals surface area contributed by atoms with Gasteiger partial charge in [0.2, 0.25) is 11.8 Å². The molecule has 0 aliphatic carbocycles. The Balaban J connectivity index is 2.26. The van der Waals surface area contributed by atoms with E-state index in [2.05, 4.69) is 4.99 Å². The fraction of sp³-hybridized carbons (Fsp3) is 0.118. The first-order valence-electron chi connectivity index (χ1n) is 6.98. The fourth-order valence-electron chi connectivity index (χ4n) is 2.43. The highest BCUT2D eigenvalue weighted by molar-refractivity contribution is 6.08. The van der Waals surface area contributed by atoms with Gasteiger partial charge in [-0.2, -0.15) is 0 Å². The molecule has 2 aromatic carbocycles. The molecule has 0 unspecified atom stereocenters. The molecule has 118 valence electrons. The van der Waals surface area contributed by atoms with Gasteiger partial charge in [-0.05, 0) is 18.2 Å². The Morgan fingerprint density at radius 2 is 2.04 bits per heavy atom. The lowest BCUT2D eigenvalue weighted by Crippen LogP contribution is -2.33. The van der Waals surface area contributed by atoms with Crippen molar-refractivity contribution in [2.24, 2.45) is 10.7 Å². The normalized spacial score (nSPS) is 11.7. The molecule has 0 spiro atoms. The van der Waals surface area contributed by atoms with Crippen molar-refractivity contribution in [1.29, 1.82) is 0 Å². The molecular weight excluding hydrogens is 297 g/mol. The van der Waals surface area contributed by atoms with Crippen molar-refractivity contribution in [3.05, 3.63) is 54.5 Å². The number of aliphatic imine (C=N–C) groups is 1. The van der Waals surface area contributed by atoms with Gasteiger partial charge in [0.05, 0.1) is 12.8 Å². The molecule has 3 aromatic rings. The number of anilines is 2. The summed E-state index contributed by atoms with van der Waals surface area (Å²) in [6.07, 6.45) is 1.62. The van der Waals surface area contributed by atoms with Crippen LogP contribution in [0, 0.1) is 5.82 Å². The predicted molar refractivity (Wildman–Crippen MR) is 88.9 cm³/mol. The van der Waals surface area contributed by atoms with E-state index in [0.29, 0.717) is 17.3 Å². The van der Waals surface area contributed by atoms with Crippen LogP contribution in [0.15, 0.2) is 58.1 Å². The number of benzene rings is 2. The summed E-state index contributed by atoms with van der Waals surface area (Å²) < 4.78 is 24.8. The van der Waals surface area contributed by atoms with Crippen LogP contribution in [0.4, 0.5) is 16.0 Å². The van der Waals surface area contributed by atoms with E-state index in [1.165, 1.54) is 30.2 Å². The summed E-state index contributed by atoms with van der Waals surface area (Å²) in [6, 6.07) is 11.8. The quantitative estimate of drug-likeness (QED) is 0.592. The van der Waals surface area contributed by atoms with Crippen LogP contribution in [-0.4, -0.2) is 20.1 Å². The molecule has 6 heteroatoms. The maximum Gasteiger partial charge on any atom is 0.214 e. The zero-order valence-corrected chi connectivity index (χ0v) is 12.8. The molecule has 1 heterocycles. The van der Waals surface area contributed by atoms with Crippen molar-refractivity contribution in [3.8, 4) is 5.75 Å². The number of nitrogens with two attached hydrogens (primary N) is 1. The van der Waals surface area contributed by atoms with Crippen molar-refractivity contribution in [2.75, 3.05) is 19.1 Å². The van der Waals surface area contributed by atoms with E-state index in [4.69, 9.17) is 14.9 Å². The van der Waals surface area contributed by atoms with Gasteiger partial charge in [-0.3, -0.25) is 4.99 Å². The van der Waals surface area contributed by atoms with Crippen molar-refractivity contribution < 1.29 is 13.5 Å². The van der Waals surface area contributed by atoms with Crippen LogP contribution in [0.3, 0.4) is 0 Å². The first-order valence-corrected chi connectivity index (χ1v) is 6.98. The van der Waals surface area contributed by atoms with E-state index in [-0.39, 0.29) is 5.96 Å². The van der Waals surface area contributed by atoms with E-state index in [9.17, 15) is 4.39 Å². The number of rotatable bonds is 3. The average Bonchev–Trinajstić information content (AvgIpc) is 2.99. The molecule has 0 aliphatic heterocycles. The topological polar surface area (TPSA) is 64.0 Å². The van der Waals surface area contributed by atoms with Crippen LogP contribution in [0.2, 0.25) is 0 Å².